The van der Waals surface area contributed by atoms with E-state index in [1.807, 2.05) is 0 Å². The molecule has 0 saturated heterocycles. The number of carbonyl (C=O) groups is 2. The van der Waals surface area contributed by atoms with Crippen molar-refractivity contribution in [1.82, 2.24) is 0 Å². The van der Waals surface area contributed by atoms with Gasteiger partial charge in [0.2, 0.25) is 0 Å². The van der Waals surface area contributed by atoms with Crippen molar-refractivity contribution in [2.45, 2.75) is 63.7 Å². The van der Waals surface area contributed by atoms with E-state index in [9.17, 15) is 19.8 Å². The van der Waals surface area contributed by atoms with Gasteiger partial charge in [0, 0.05) is 0 Å². The van der Waals surface area contributed by atoms with E-state index in [2.05, 4.69) is 6.92 Å². The summed E-state index contributed by atoms with van der Waals surface area (Å²) in [4.78, 5) is 23.4. The number of benzene rings is 1. The van der Waals surface area contributed by atoms with Crippen molar-refractivity contribution >= 4 is 82.2 Å². The van der Waals surface area contributed by atoms with E-state index in [1.165, 1.54) is 19.3 Å². The number of hydrogen-bond donors (Lipinski definition) is 2. The molecule has 0 bridgehead atoms. The van der Waals surface area contributed by atoms with E-state index >= 15 is 0 Å². The van der Waals surface area contributed by atoms with Gasteiger partial charge in [-0.25, -0.2) is 0 Å². The summed E-state index contributed by atoms with van der Waals surface area (Å²) in [5, 5.41) is 19.1. The van der Waals surface area contributed by atoms with Crippen LogP contribution in [-0.2, 0) is 15.0 Å². The van der Waals surface area contributed by atoms with Crippen LogP contribution in [-0.4, -0.2) is 92.4 Å². The van der Waals surface area contributed by atoms with E-state index in [0.717, 1.165) is 19.3 Å². The van der Waals surface area contributed by atoms with Gasteiger partial charge in [-0.1, -0.05) is 82.2 Å². The molecule has 0 saturated carbocycles. The molecule has 0 fully saturated rings. The molecule has 0 radical (unpaired) electrons. The molecule has 0 amide bonds. The molecule has 126 valence electrons. The van der Waals surface area contributed by atoms with Crippen molar-refractivity contribution < 1.29 is 19.8 Å². The van der Waals surface area contributed by atoms with Crippen LogP contribution in [0.2, 0.25) is 0 Å². The summed E-state index contributed by atoms with van der Waals surface area (Å²) >= 11 is 0. The van der Waals surface area contributed by atoms with Crippen LogP contribution in [0.15, 0.2) is 30.3 Å². The van der Waals surface area contributed by atoms with Crippen LogP contribution in [0.4, 0.5) is 0 Å². The minimum absolute atomic E-state index is 0. The molecular formula is C18H28KLiO4. The monoisotopic (exact) mass is 354 g/mol. The minimum atomic E-state index is -1.83. The molecule has 0 atom stereocenters. The predicted octanol–water partition coefficient (Wildman–Crippen LogP) is 2.94. The fourth-order valence-electron chi connectivity index (χ4n) is 2.77. The van der Waals surface area contributed by atoms with Crippen LogP contribution < -0.4 is 0 Å². The van der Waals surface area contributed by atoms with Gasteiger partial charge in [-0.3, -0.25) is 9.59 Å². The van der Waals surface area contributed by atoms with E-state index in [0.29, 0.717) is 12.0 Å². The first kappa shape index (κ1) is 26.6. The first-order valence-electron chi connectivity index (χ1n) is 8.08. The van der Waals surface area contributed by atoms with E-state index in [4.69, 9.17) is 0 Å². The molecular weight excluding hydrogens is 326 g/mol. The first-order chi connectivity index (χ1) is 10.6. The van der Waals surface area contributed by atoms with Gasteiger partial charge in [-0.15, -0.1) is 0 Å². The molecule has 1 aromatic carbocycles. The van der Waals surface area contributed by atoms with Gasteiger partial charge >= 0.3 is 82.2 Å². The third kappa shape index (κ3) is 7.74. The van der Waals surface area contributed by atoms with Gasteiger partial charge < -0.3 is 10.2 Å². The van der Waals surface area contributed by atoms with E-state index < -0.39 is 17.4 Å². The molecule has 0 aliphatic rings. The number of rotatable bonds is 11. The number of unbranched alkanes of at least 4 members (excludes halogenated alkanes) is 6. The van der Waals surface area contributed by atoms with Gasteiger partial charge in [-0.05, 0) is 12.0 Å². The average molecular weight is 354 g/mol. The molecule has 1 aromatic rings. The molecule has 0 unspecified atom stereocenters. The Balaban J connectivity index is 0. The van der Waals surface area contributed by atoms with Gasteiger partial charge in [0.1, 0.15) is 0 Å². The molecule has 1 rings (SSSR count). The van der Waals surface area contributed by atoms with Crippen LogP contribution in [0.25, 0.3) is 0 Å². The molecule has 2 N–H and O–H groups in total. The van der Waals surface area contributed by atoms with Gasteiger partial charge in [0.15, 0.2) is 5.41 Å². The molecule has 4 nitrogen and oxygen atoms in total. The summed E-state index contributed by atoms with van der Waals surface area (Å²) in [6.07, 6.45) is 7.38. The zero-order valence-electron chi connectivity index (χ0n) is 13.3. The van der Waals surface area contributed by atoms with Crippen molar-refractivity contribution in [1.29, 1.82) is 0 Å². The Bertz CT molecular complexity index is 465. The normalized spacial score (nSPS) is 10.4. The summed E-state index contributed by atoms with van der Waals surface area (Å²) in [6, 6.07) is 8.29. The van der Waals surface area contributed by atoms with Gasteiger partial charge in [-0.2, -0.15) is 0 Å². The topological polar surface area (TPSA) is 74.6 Å². The standard InChI is InChI=1S/C18H26O4.K.Li.2H/c1-2-3-4-5-6-7-11-14-18(16(19)20,17(21)22)15-12-9-8-10-13-15;;;;/h8-10,12-13H,2-7,11,14H2,1H3,(H,19,20)(H,21,22);;;;. The third-order valence-corrected chi connectivity index (χ3v) is 4.15. The number of hydrogen-bond acceptors (Lipinski definition) is 2. The summed E-state index contributed by atoms with van der Waals surface area (Å²) in [5.74, 6) is -2.56. The van der Waals surface area contributed by atoms with Crippen molar-refractivity contribution in [3.05, 3.63) is 35.9 Å². The number of carboxylic acid groups (broad SMARTS) is 2. The van der Waals surface area contributed by atoms with E-state index in [-0.39, 0.29) is 76.7 Å². The third-order valence-electron chi connectivity index (χ3n) is 4.15. The Kier molecular flexibility index (Phi) is 16.1. The van der Waals surface area contributed by atoms with Gasteiger partial charge in [0.25, 0.3) is 0 Å². The van der Waals surface area contributed by atoms with Crippen molar-refractivity contribution in [2.24, 2.45) is 0 Å². The first-order valence-corrected chi connectivity index (χ1v) is 8.08. The molecule has 0 spiro atoms. The maximum atomic E-state index is 11.7. The van der Waals surface area contributed by atoms with Gasteiger partial charge in [0.05, 0.1) is 0 Å². The summed E-state index contributed by atoms with van der Waals surface area (Å²) in [7, 11) is 0. The molecule has 6 heteroatoms. The summed E-state index contributed by atoms with van der Waals surface area (Å²) < 4.78 is 0. The summed E-state index contributed by atoms with van der Waals surface area (Å²) in [6.45, 7) is 2.16. The predicted molar refractivity (Wildman–Crippen MR) is 100 cm³/mol. The second-order valence-electron chi connectivity index (χ2n) is 5.75. The Morgan fingerprint density at radius 3 is 1.79 bits per heavy atom. The van der Waals surface area contributed by atoms with Crippen LogP contribution in [0.3, 0.4) is 0 Å². The van der Waals surface area contributed by atoms with E-state index in [1.54, 1.807) is 30.3 Å². The average Bonchev–Trinajstić information content (AvgIpc) is 2.50. The van der Waals surface area contributed by atoms with Crippen LogP contribution in [0.1, 0.15) is 63.9 Å². The second-order valence-corrected chi connectivity index (χ2v) is 5.75. The molecule has 0 aliphatic heterocycles. The fraction of sp³-hybridized carbons (Fsp3) is 0.556. The Hall–Kier alpha value is 0.394. The Morgan fingerprint density at radius 2 is 1.33 bits per heavy atom. The molecule has 0 aliphatic carbocycles. The van der Waals surface area contributed by atoms with Crippen molar-refractivity contribution in [3.8, 4) is 0 Å². The Labute approximate surface area is 199 Å². The zero-order chi connectivity index (χ0) is 16.4. The Morgan fingerprint density at radius 1 is 0.875 bits per heavy atom. The molecule has 24 heavy (non-hydrogen) atoms. The van der Waals surface area contributed by atoms with Crippen molar-refractivity contribution in [2.75, 3.05) is 0 Å². The SMILES string of the molecule is CCCCCCCCCC(C(=O)O)(C(=O)O)c1ccccc1.[KH].[LiH]. The summed E-state index contributed by atoms with van der Waals surface area (Å²) in [5.41, 5.74) is -1.48. The zero-order valence-corrected chi connectivity index (χ0v) is 13.3. The van der Waals surface area contributed by atoms with Crippen LogP contribution >= 0.6 is 0 Å². The second kappa shape index (κ2) is 14.6. The fourth-order valence-corrected chi connectivity index (χ4v) is 2.77. The van der Waals surface area contributed by atoms with Crippen LogP contribution in [0.5, 0.6) is 0 Å². The quantitative estimate of drug-likeness (QED) is 0.364. The number of carboxylic acids is 2. The molecule has 0 heterocycles. The van der Waals surface area contributed by atoms with Crippen molar-refractivity contribution in [3.63, 3.8) is 0 Å². The molecule has 0 aromatic heterocycles. The number of aliphatic carboxylic acids is 2. The maximum absolute atomic E-state index is 11.7. The van der Waals surface area contributed by atoms with Crippen LogP contribution in [0, 0.1) is 0 Å².